The maximum Gasteiger partial charge on any atom is 0.272 e. The zero-order chi connectivity index (χ0) is 20.1. The topological polar surface area (TPSA) is 55.0 Å². The second-order valence-corrected chi connectivity index (χ2v) is 7.37. The summed E-state index contributed by atoms with van der Waals surface area (Å²) in [6, 6.07) is 19.8. The van der Waals surface area contributed by atoms with Crippen LogP contribution < -0.4 is 10.3 Å². The van der Waals surface area contributed by atoms with Crippen LogP contribution in [0.25, 0.3) is 23.3 Å². The number of aryl methyl sites for hydroxylation is 1. The van der Waals surface area contributed by atoms with Crippen LogP contribution in [0.4, 0.5) is 0 Å². The van der Waals surface area contributed by atoms with Crippen molar-refractivity contribution in [1.29, 1.82) is 0 Å². The number of benzene rings is 2. The molecule has 144 valence electrons. The number of ether oxygens (including phenoxy) is 1. The molecule has 0 bridgehead atoms. The van der Waals surface area contributed by atoms with Gasteiger partial charge in [0, 0.05) is 11.1 Å². The summed E-state index contributed by atoms with van der Waals surface area (Å²) in [5, 5.41) is 10.8. The van der Waals surface area contributed by atoms with Gasteiger partial charge in [0.15, 0.2) is 0 Å². The van der Waals surface area contributed by atoms with E-state index in [-0.39, 0.29) is 5.56 Å². The molecule has 0 fully saturated rings. The van der Waals surface area contributed by atoms with E-state index in [9.17, 15) is 4.79 Å². The van der Waals surface area contributed by atoms with Gasteiger partial charge in [-0.05, 0) is 47.0 Å². The zero-order valence-corrected chi connectivity index (χ0v) is 16.8. The Morgan fingerprint density at radius 2 is 1.83 bits per heavy atom. The van der Waals surface area contributed by atoms with Gasteiger partial charge >= 0.3 is 0 Å². The first-order valence-electron chi connectivity index (χ1n) is 9.28. The van der Waals surface area contributed by atoms with Crippen molar-refractivity contribution in [2.45, 2.75) is 13.5 Å². The lowest BCUT2D eigenvalue weighted by molar-refractivity contribution is 0.307. The molecule has 2 heterocycles. The molecule has 0 spiro atoms. The van der Waals surface area contributed by atoms with Gasteiger partial charge in [-0.3, -0.25) is 4.79 Å². The molecule has 4 rings (SSSR count). The highest BCUT2D eigenvalue weighted by Crippen LogP contribution is 2.34. The standard InChI is InChI=1S/C24H20N2O2S/c1-17-23(21(24(27)26-25-17)12-11-19-13-14-29-16-19)20-9-5-6-10-22(20)28-15-18-7-3-2-4-8-18/h2-14,16H,15H2,1H3,(H,26,27). The van der Waals surface area contributed by atoms with Crippen molar-refractivity contribution in [2.24, 2.45) is 0 Å². The number of thiophene rings is 1. The molecule has 0 aliphatic heterocycles. The predicted molar refractivity (Wildman–Crippen MR) is 119 cm³/mol. The fourth-order valence-electron chi connectivity index (χ4n) is 3.14. The monoisotopic (exact) mass is 400 g/mol. The van der Waals surface area contributed by atoms with Gasteiger partial charge in [0.05, 0.1) is 11.3 Å². The highest BCUT2D eigenvalue weighted by atomic mass is 32.1. The zero-order valence-electron chi connectivity index (χ0n) is 16.0. The average Bonchev–Trinajstić information content (AvgIpc) is 3.27. The molecule has 29 heavy (non-hydrogen) atoms. The van der Waals surface area contributed by atoms with Crippen LogP contribution in [0, 0.1) is 6.92 Å². The largest absolute Gasteiger partial charge is 0.488 e. The first-order chi connectivity index (χ1) is 14.2. The van der Waals surface area contributed by atoms with Crippen molar-refractivity contribution in [2.75, 3.05) is 0 Å². The molecular formula is C24H20N2O2S. The van der Waals surface area contributed by atoms with Crippen molar-refractivity contribution in [3.63, 3.8) is 0 Å². The first-order valence-corrected chi connectivity index (χ1v) is 10.2. The van der Waals surface area contributed by atoms with Gasteiger partial charge in [-0.15, -0.1) is 0 Å². The third-order valence-electron chi connectivity index (χ3n) is 4.58. The third-order valence-corrected chi connectivity index (χ3v) is 5.28. The minimum absolute atomic E-state index is 0.227. The van der Waals surface area contributed by atoms with E-state index in [0.717, 1.165) is 33.7 Å². The number of rotatable bonds is 6. The second-order valence-electron chi connectivity index (χ2n) is 6.59. The maximum absolute atomic E-state index is 12.6. The fraction of sp³-hybridized carbons (Fsp3) is 0.0833. The maximum atomic E-state index is 12.6. The molecule has 4 nitrogen and oxygen atoms in total. The summed E-state index contributed by atoms with van der Waals surface area (Å²) in [7, 11) is 0. The summed E-state index contributed by atoms with van der Waals surface area (Å²) in [6.07, 6.45) is 3.79. The Hall–Kier alpha value is -3.44. The average molecular weight is 401 g/mol. The molecule has 5 heteroatoms. The highest BCUT2D eigenvalue weighted by Gasteiger charge is 2.16. The molecule has 2 aromatic carbocycles. The van der Waals surface area contributed by atoms with Crippen LogP contribution in [-0.4, -0.2) is 10.2 Å². The van der Waals surface area contributed by atoms with Gasteiger partial charge in [-0.2, -0.15) is 16.4 Å². The molecular weight excluding hydrogens is 380 g/mol. The Bertz CT molecular complexity index is 1180. The van der Waals surface area contributed by atoms with Gasteiger partial charge in [0.25, 0.3) is 5.56 Å². The number of hydrogen-bond acceptors (Lipinski definition) is 4. The van der Waals surface area contributed by atoms with Gasteiger partial charge in [-0.25, -0.2) is 5.10 Å². The van der Waals surface area contributed by atoms with Crippen LogP contribution >= 0.6 is 11.3 Å². The lowest BCUT2D eigenvalue weighted by Crippen LogP contribution is -2.15. The Kier molecular flexibility index (Phi) is 5.68. The minimum Gasteiger partial charge on any atom is -0.488 e. The number of H-pyrrole nitrogens is 1. The fourth-order valence-corrected chi connectivity index (χ4v) is 3.77. The number of aromatic nitrogens is 2. The minimum atomic E-state index is -0.227. The van der Waals surface area contributed by atoms with Crippen molar-refractivity contribution in [3.8, 4) is 16.9 Å². The number of aromatic amines is 1. The molecule has 0 saturated carbocycles. The molecule has 0 saturated heterocycles. The number of nitrogens with one attached hydrogen (secondary N) is 1. The van der Waals surface area contributed by atoms with E-state index in [1.54, 1.807) is 11.3 Å². The van der Waals surface area contributed by atoms with Crippen LogP contribution in [-0.2, 0) is 6.61 Å². The predicted octanol–water partition coefficient (Wildman–Crippen LogP) is 5.56. The summed E-state index contributed by atoms with van der Waals surface area (Å²) < 4.78 is 6.12. The van der Waals surface area contributed by atoms with Crippen molar-refractivity contribution < 1.29 is 4.74 Å². The molecule has 0 atom stereocenters. The molecule has 2 aromatic heterocycles. The molecule has 0 aliphatic rings. The van der Waals surface area contributed by atoms with Crippen molar-refractivity contribution in [3.05, 3.63) is 104 Å². The normalized spacial score (nSPS) is 11.1. The van der Waals surface area contributed by atoms with E-state index in [0.29, 0.717) is 12.2 Å². The van der Waals surface area contributed by atoms with Crippen LogP contribution in [0.15, 0.2) is 76.2 Å². The molecule has 0 unspecified atom stereocenters. The lowest BCUT2D eigenvalue weighted by atomic mass is 9.98. The summed E-state index contributed by atoms with van der Waals surface area (Å²) in [5.74, 6) is 0.719. The molecule has 0 aliphatic carbocycles. The second kappa shape index (κ2) is 8.71. The van der Waals surface area contributed by atoms with Crippen molar-refractivity contribution >= 4 is 23.5 Å². The van der Waals surface area contributed by atoms with E-state index < -0.39 is 0 Å². The summed E-state index contributed by atoms with van der Waals surface area (Å²) >= 11 is 1.62. The van der Waals surface area contributed by atoms with Gasteiger partial charge in [0.1, 0.15) is 12.4 Å². The quantitative estimate of drug-likeness (QED) is 0.461. The van der Waals surface area contributed by atoms with E-state index in [4.69, 9.17) is 4.74 Å². The summed E-state index contributed by atoms with van der Waals surface area (Å²) in [4.78, 5) is 12.6. The van der Waals surface area contributed by atoms with Crippen molar-refractivity contribution in [1.82, 2.24) is 10.2 Å². The van der Waals surface area contributed by atoms with Gasteiger partial charge < -0.3 is 4.74 Å². The lowest BCUT2D eigenvalue weighted by Gasteiger charge is -2.14. The number of para-hydroxylation sites is 1. The Labute approximate surface area is 173 Å². The van der Waals surface area contributed by atoms with E-state index in [2.05, 4.69) is 10.2 Å². The van der Waals surface area contributed by atoms with E-state index >= 15 is 0 Å². The SMILES string of the molecule is Cc1n[nH]c(=O)c(C=Cc2ccsc2)c1-c1ccccc1OCc1ccccc1. The van der Waals surface area contributed by atoms with Crippen LogP contribution in [0.1, 0.15) is 22.4 Å². The highest BCUT2D eigenvalue weighted by molar-refractivity contribution is 7.08. The van der Waals surface area contributed by atoms with E-state index in [1.165, 1.54) is 0 Å². The molecule has 0 amide bonds. The Balaban J connectivity index is 1.75. The summed E-state index contributed by atoms with van der Waals surface area (Å²) in [5.41, 5.74) is 4.86. The van der Waals surface area contributed by atoms with Crippen LogP contribution in [0.3, 0.4) is 0 Å². The molecule has 0 radical (unpaired) electrons. The number of nitrogens with zero attached hydrogens (tertiary/aromatic N) is 1. The molecule has 4 aromatic rings. The Morgan fingerprint density at radius 3 is 2.62 bits per heavy atom. The molecule has 1 N–H and O–H groups in total. The summed E-state index contributed by atoms with van der Waals surface area (Å²) in [6.45, 7) is 2.34. The van der Waals surface area contributed by atoms with E-state index in [1.807, 2.05) is 90.5 Å². The smallest absolute Gasteiger partial charge is 0.272 e. The van der Waals surface area contributed by atoms with Crippen LogP contribution in [0.2, 0.25) is 0 Å². The van der Waals surface area contributed by atoms with Gasteiger partial charge in [-0.1, -0.05) is 54.6 Å². The Morgan fingerprint density at radius 1 is 1.03 bits per heavy atom. The van der Waals surface area contributed by atoms with Crippen LogP contribution in [0.5, 0.6) is 5.75 Å². The van der Waals surface area contributed by atoms with Gasteiger partial charge in [0.2, 0.25) is 0 Å². The first kappa shape index (κ1) is 18.9. The number of hydrogen-bond donors (Lipinski definition) is 1. The third kappa shape index (κ3) is 4.36.